The van der Waals surface area contributed by atoms with E-state index in [1.807, 2.05) is 75.4 Å². The average Bonchev–Trinajstić information content (AvgIpc) is 3.19. The van der Waals surface area contributed by atoms with Crippen LogP contribution in [-0.2, 0) is 11.3 Å². The average molecular weight is 430 g/mol. The van der Waals surface area contributed by atoms with Gasteiger partial charge in [0.05, 0.1) is 11.6 Å². The third-order valence-electron chi connectivity index (χ3n) is 4.96. The van der Waals surface area contributed by atoms with Gasteiger partial charge >= 0.3 is 6.09 Å². The van der Waals surface area contributed by atoms with Gasteiger partial charge in [-0.15, -0.1) is 0 Å². The Morgan fingerprint density at radius 3 is 2.50 bits per heavy atom. The number of ether oxygens (including phenoxy) is 1. The first-order valence-electron chi connectivity index (χ1n) is 9.82. The minimum absolute atomic E-state index is 0.340. The van der Waals surface area contributed by atoms with E-state index < -0.39 is 22.7 Å². The minimum Gasteiger partial charge on any atom is -0.443 e. The first-order valence-corrected chi connectivity index (χ1v) is 11.3. The van der Waals surface area contributed by atoms with Crippen molar-refractivity contribution in [2.75, 3.05) is 6.54 Å². The number of hydrogen-bond acceptors (Lipinski definition) is 6. The van der Waals surface area contributed by atoms with Crippen LogP contribution in [0.3, 0.4) is 0 Å². The monoisotopic (exact) mass is 429 g/mol. The van der Waals surface area contributed by atoms with Gasteiger partial charge in [-0.25, -0.2) is 4.79 Å². The molecule has 4 rings (SSSR count). The molecule has 0 radical (unpaired) electrons. The molecule has 1 aliphatic rings. The highest BCUT2D eigenvalue weighted by molar-refractivity contribution is 8.20. The Morgan fingerprint density at radius 2 is 1.80 bits per heavy atom. The van der Waals surface area contributed by atoms with Gasteiger partial charge in [-0.3, -0.25) is 13.7 Å². The number of aromatic nitrogens is 1. The summed E-state index contributed by atoms with van der Waals surface area (Å²) in [5.74, 6) is 0. The van der Waals surface area contributed by atoms with Gasteiger partial charge in [-0.2, -0.15) is 9.03 Å². The summed E-state index contributed by atoms with van der Waals surface area (Å²) in [6.45, 7) is 6.29. The largest absolute Gasteiger partial charge is 0.443 e. The molecule has 30 heavy (non-hydrogen) atoms. The summed E-state index contributed by atoms with van der Waals surface area (Å²) in [7, 11) is -3.13. The van der Waals surface area contributed by atoms with E-state index in [0.29, 0.717) is 13.1 Å². The fourth-order valence-electron chi connectivity index (χ4n) is 3.66. The molecule has 160 valence electrons. The topological polar surface area (TPSA) is 87.0 Å². The van der Waals surface area contributed by atoms with Crippen molar-refractivity contribution in [3.05, 3.63) is 71.9 Å². The van der Waals surface area contributed by atoms with Gasteiger partial charge in [0.1, 0.15) is 5.60 Å². The van der Waals surface area contributed by atoms with E-state index >= 15 is 0 Å². The Balaban J connectivity index is 1.66. The molecular formula is C22H27N3O4S. The van der Waals surface area contributed by atoms with E-state index in [0.717, 1.165) is 22.0 Å². The van der Waals surface area contributed by atoms with Crippen LogP contribution in [0.1, 0.15) is 37.9 Å². The molecule has 0 aliphatic carbocycles. The molecule has 1 unspecified atom stereocenters. The lowest BCUT2D eigenvalue weighted by atomic mass is 10.1. The Labute approximate surface area is 177 Å². The van der Waals surface area contributed by atoms with Crippen molar-refractivity contribution >= 4 is 28.0 Å². The molecule has 1 aromatic heterocycles. The second-order valence-electron chi connectivity index (χ2n) is 8.45. The van der Waals surface area contributed by atoms with Gasteiger partial charge in [-0.05, 0) is 38.0 Å². The maximum atomic E-state index is 12.8. The van der Waals surface area contributed by atoms with E-state index in [9.17, 15) is 13.9 Å². The highest BCUT2D eigenvalue weighted by Gasteiger charge is 2.38. The molecule has 2 heterocycles. The Bertz CT molecular complexity index is 1060. The number of para-hydroxylation sites is 1. The van der Waals surface area contributed by atoms with Crippen LogP contribution in [-0.4, -0.2) is 36.2 Å². The summed E-state index contributed by atoms with van der Waals surface area (Å²) in [6.07, 6.45) is 1.27. The summed E-state index contributed by atoms with van der Waals surface area (Å²) in [5, 5.41) is 0.873. The first-order chi connectivity index (χ1) is 14.1. The molecule has 3 N–H and O–H groups in total. The number of nitrogens with one attached hydrogen (secondary N) is 1. The van der Waals surface area contributed by atoms with Crippen molar-refractivity contribution < 1.29 is 18.6 Å². The molecule has 0 bridgehead atoms. The van der Waals surface area contributed by atoms with E-state index in [4.69, 9.17) is 4.74 Å². The number of nitrogens with zero attached hydrogens (tertiary/aromatic N) is 2. The summed E-state index contributed by atoms with van der Waals surface area (Å²) < 4.78 is 32.9. The van der Waals surface area contributed by atoms with Crippen LogP contribution in [0.4, 0.5) is 4.79 Å². The van der Waals surface area contributed by atoms with Gasteiger partial charge in [0.2, 0.25) is 0 Å². The zero-order chi connectivity index (χ0) is 21.5. The fraction of sp³-hybridized carbons (Fsp3) is 0.318. The van der Waals surface area contributed by atoms with Crippen molar-refractivity contribution in [2.45, 2.75) is 39.0 Å². The second kappa shape index (κ2) is 7.72. The number of benzene rings is 2. The van der Waals surface area contributed by atoms with Gasteiger partial charge < -0.3 is 4.74 Å². The molecule has 3 aromatic rings. The Morgan fingerprint density at radius 1 is 1.13 bits per heavy atom. The van der Waals surface area contributed by atoms with Crippen molar-refractivity contribution in [2.24, 2.45) is 0 Å². The number of hydrogen-bond donors (Lipinski definition) is 3. The quantitative estimate of drug-likeness (QED) is 0.534. The van der Waals surface area contributed by atoms with Crippen LogP contribution in [0.15, 0.2) is 60.8 Å². The second-order valence-corrected chi connectivity index (χ2v) is 10.2. The molecule has 8 heteroatoms. The van der Waals surface area contributed by atoms with Gasteiger partial charge in [0, 0.05) is 24.7 Å². The number of fused-ring (bicyclic) bond motifs is 1. The lowest BCUT2D eigenvalue weighted by molar-refractivity contribution is 0.0544. The lowest BCUT2D eigenvalue weighted by Gasteiger charge is -2.35. The zero-order valence-corrected chi connectivity index (χ0v) is 18.1. The van der Waals surface area contributed by atoms with E-state index in [2.05, 4.69) is 4.72 Å². The van der Waals surface area contributed by atoms with Crippen LogP contribution < -0.4 is 4.72 Å². The SMILES string of the molecule is CC(C)(C)OC(=O)n1cc(C2CN(Cc3ccccc3)S(O)(O)N2)c2ccccc21. The molecule has 0 saturated carbocycles. The summed E-state index contributed by atoms with van der Waals surface area (Å²) >= 11 is 0. The molecular weight excluding hydrogens is 402 g/mol. The fourth-order valence-corrected chi connectivity index (χ4v) is 5.08. The third-order valence-corrected chi connectivity index (χ3v) is 6.56. The van der Waals surface area contributed by atoms with E-state index in [1.54, 1.807) is 10.5 Å². The van der Waals surface area contributed by atoms with Gasteiger partial charge in [0.25, 0.3) is 0 Å². The van der Waals surface area contributed by atoms with E-state index in [1.165, 1.54) is 4.57 Å². The number of carbonyl (C=O) groups is 1. The third kappa shape index (κ3) is 4.23. The first kappa shape index (κ1) is 20.9. The molecule has 1 aliphatic heterocycles. The van der Waals surface area contributed by atoms with Crippen molar-refractivity contribution in [1.29, 1.82) is 0 Å². The van der Waals surface area contributed by atoms with Crippen LogP contribution >= 0.6 is 11.0 Å². The predicted molar refractivity (Wildman–Crippen MR) is 119 cm³/mol. The number of carbonyl (C=O) groups excluding carboxylic acids is 1. The summed E-state index contributed by atoms with van der Waals surface area (Å²) in [5.41, 5.74) is 1.93. The lowest BCUT2D eigenvalue weighted by Crippen LogP contribution is -2.26. The summed E-state index contributed by atoms with van der Waals surface area (Å²) in [4.78, 5) is 12.8. The molecule has 1 fully saturated rings. The molecule has 1 saturated heterocycles. The normalized spacial score (nSPS) is 20.4. The standard InChI is InChI=1S/C22H27N3O4S/c1-22(2,3)29-21(26)25-14-18(17-11-7-8-12-20(17)25)19-15-24(30(27,28)23-19)13-16-9-5-4-6-10-16/h4-12,14,19,23,27-28H,13,15H2,1-3H3. The van der Waals surface area contributed by atoms with Crippen molar-refractivity contribution in [1.82, 2.24) is 13.6 Å². The van der Waals surface area contributed by atoms with Crippen molar-refractivity contribution in [3.63, 3.8) is 0 Å². The molecule has 7 nitrogen and oxygen atoms in total. The maximum Gasteiger partial charge on any atom is 0.419 e. The van der Waals surface area contributed by atoms with Gasteiger partial charge in [-0.1, -0.05) is 59.5 Å². The molecule has 0 spiro atoms. The smallest absolute Gasteiger partial charge is 0.419 e. The van der Waals surface area contributed by atoms with Crippen LogP contribution in [0.2, 0.25) is 0 Å². The number of rotatable bonds is 3. The highest BCUT2D eigenvalue weighted by Crippen LogP contribution is 2.49. The molecule has 2 aromatic carbocycles. The van der Waals surface area contributed by atoms with Crippen molar-refractivity contribution in [3.8, 4) is 0 Å². The predicted octanol–water partition coefficient (Wildman–Crippen LogP) is 5.15. The summed E-state index contributed by atoms with van der Waals surface area (Å²) in [6, 6.07) is 16.9. The Kier molecular flexibility index (Phi) is 5.37. The molecule has 0 amide bonds. The molecule has 1 atom stereocenters. The minimum atomic E-state index is -3.13. The van der Waals surface area contributed by atoms with Crippen LogP contribution in [0.25, 0.3) is 10.9 Å². The Hall–Kier alpha value is -2.36. The van der Waals surface area contributed by atoms with Crippen LogP contribution in [0, 0.1) is 0 Å². The maximum absolute atomic E-state index is 12.8. The van der Waals surface area contributed by atoms with Gasteiger partial charge in [0.15, 0.2) is 0 Å². The van der Waals surface area contributed by atoms with E-state index in [-0.39, 0.29) is 6.04 Å². The van der Waals surface area contributed by atoms with Crippen LogP contribution in [0.5, 0.6) is 0 Å². The zero-order valence-electron chi connectivity index (χ0n) is 17.3. The highest BCUT2D eigenvalue weighted by atomic mass is 32.3.